The highest BCUT2D eigenvalue weighted by molar-refractivity contribution is 5.79. The second-order valence-corrected chi connectivity index (χ2v) is 5.33. The van der Waals surface area contributed by atoms with E-state index < -0.39 is 0 Å². The third-order valence-corrected chi connectivity index (χ3v) is 4.10. The van der Waals surface area contributed by atoms with E-state index in [1.54, 1.807) is 6.20 Å². The number of likely N-dealkylation sites (tertiary alicyclic amines) is 1. The Bertz CT molecular complexity index is 397. The van der Waals surface area contributed by atoms with E-state index in [2.05, 4.69) is 15.5 Å². The molecular formula is C13H20N4O. The van der Waals surface area contributed by atoms with Crippen LogP contribution >= 0.6 is 0 Å². The summed E-state index contributed by atoms with van der Waals surface area (Å²) in [7, 11) is 0. The summed E-state index contributed by atoms with van der Waals surface area (Å²) >= 11 is 0. The van der Waals surface area contributed by atoms with E-state index in [0.717, 1.165) is 51.1 Å². The Morgan fingerprint density at radius 1 is 1.44 bits per heavy atom. The molecule has 3 rings (SSSR count). The number of rotatable bonds is 2. The molecule has 1 aromatic rings. The predicted molar refractivity (Wildman–Crippen MR) is 68.1 cm³/mol. The fraction of sp³-hybridized carbons (Fsp3) is 0.692. The van der Waals surface area contributed by atoms with Crippen molar-refractivity contribution in [3.63, 3.8) is 0 Å². The number of piperidine rings is 1. The van der Waals surface area contributed by atoms with E-state index in [-0.39, 0.29) is 5.92 Å². The quantitative estimate of drug-likeness (QED) is 0.811. The zero-order valence-electron chi connectivity index (χ0n) is 10.6. The largest absolute Gasteiger partial charge is 0.342 e. The summed E-state index contributed by atoms with van der Waals surface area (Å²) in [6.07, 6.45) is 5.02. The van der Waals surface area contributed by atoms with Gasteiger partial charge in [-0.2, -0.15) is 5.10 Å². The van der Waals surface area contributed by atoms with E-state index in [9.17, 15) is 4.79 Å². The Kier molecular flexibility index (Phi) is 3.32. The molecule has 2 atom stereocenters. The van der Waals surface area contributed by atoms with Crippen molar-refractivity contribution in [1.82, 2.24) is 20.4 Å². The van der Waals surface area contributed by atoms with E-state index in [0.29, 0.717) is 11.8 Å². The number of carbonyl (C=O) groups is 1. The fourth-order valence-corrected chi connectivity index (χ4v) is 3.05. The second kappa shape index (κ2) is 5.10. The summed E-state index contributed by atoms with van der Waals surface area (Å²) in [6, 6.07) is 2.02. The Morgan fingerprint density at radius 2 is 2.39 bits per heavy atom. The van der Waals surface area contributed by atoms with Gasteiger partial charge in [-0.05, 0) is 31.9 Å². The third-order valence-electron chi connectivity index (χ3n) is 4.10. The minimum Gasteiger partial charge on any atom is -0.342 e. The first-order chi connectivity index (χ1) is 8.84. The van der Waals surface area contributed by atoms with Crippen LogP contribution in [0.5, 0.6) is 0 Å². The highest BCUT2D eigenvalue weighted by Gasteiger charge is 2.31. The first kappa shape index (κ1) is 11.7. The van der Waals surface area contributed by atoms with Gasteiger partial charge in [-0.3, -0.25) is 9.89 Å². The summed E-state index contributed by atoms with van der Waals surface area (Å²) in [5.74, 6) is 0.967. The summed E-state index contributed by atoms with van der Waals surface area (Å²) in [4.78, 5) is 14.4. The number of aromatic nitrogens is 2. The lowest BCUT2D eigenvalue weighted by Crippen LogP contribution is -2.43. The molecule has 0 aromatic carbocycles. The predicted octanol–water partition coefficient (Wildman–Crippen LogP) is 0.725. The van der Waals surface area contributed by atoms with E-state index >= 15 is 0 Å². The lowest BCUT2D eigenvalue weighted by Gasteiger charge is -2.33. The maximum absolute atomic E-state index is 12.4. The van der Waals surface area contributed by atoms with Gasteiger partial charge in [0, 0.05) is 37.4 Å². The molecule has 18 heavy (non-hydrogen) atoms. The minimum atomic E-state index is 0.200. The monoisotopic (exact) mass is 248 g/mol. The highest BCUT2D eigenvalue weighted by atomic mass is 16.2. The van der Waals surface area contributed by atoms with Gasteiger partial charge in [0.25, 0.3) is 0 Å². The van der Waals surface area contributed by atoms with Crippen LogP contribution in [0.4, 0.5) is 0 Å². The number of amides is 1. The standard InChI is InChI=1S/C13H20N4O/c18-13(10-3-5-14-8-10)17-7-1-2-11(9-17)12-4-6-15-16-12/h4,6,10-11,14H,1-3,5,7-9H2,(H,15,16). The van der Waals surface area contributed by atoms with Crippen molar-refractivity contribution in [2.75, 3.05) is 26.2 Å². The van der Waals surface area contributed by atoms with Crippen molar-refractivity contribution in [2.24, 2.45) is 5.92 Å². The first-order valence-corrected chi connectivity index (χ1v) is 6.83. The molecule has 0 bridgehead atoms. The van der Waals surface area contributed by atoms with Crippen LogP contribution in [0.2, 0.25) is 0 Å². The van der Waals surface area contributed by atoms with Gasteiger partial charge in [-0.1, -0.05) is 0 Å². The lowest BCUT2D eigenvalue weighted by molar-refractivity contribution is -0.136. The number of hydrogen-bond donors (Lipinski definition) is 2. The Hall–Kier alpha value is -1.36. The maximum Gasteiger partial charge on any atom is 0.227 e. The average molecular weight is 248 g/mol. The fourth-order valence-electron chi connectivity index (χ4n) is 3.05. The van der Waals surface area contributed by atoms with E-state index in [1.807, 2.05) is 11.0 Å². The zero-order chi connectivity index (χ0) is 12.4. The molecule has 0 radical (unpaired) electrons. The molecule has 0 spiro atoms. The van der Waals surface area contributed by atoms with Crippen molar-refractivity contribution in [3.8, 4) is 0 Å². The third kappa shape index (κ3) is 2.27. The van der Waals surface area contributed by atoms with Crippen LogP contribution in [0, 0.1) is 5.92 Å². The summed E-state index contributed by atoms with van der Waals surface area (Å²) < 4.78 is 0. The van der Waals surface area contributed by atoms with Crippen molar-refractivity contribution < 1.29 is 4.79 Å². The van der Waals surface area contributed by atoms with Crippen LogP contribution < -0.4 is 5.32 Å². The molecule has 1 amide bonds. The molecule has 2 saturated heterocycles. The molecule has 2 aliphatic rings. The lowest BCUT2D eigenvalue weighted by atomic mass is 9.93. The second-order valence-electron chi connectivity index (χ2n) is 5.33. The molecule has 3 heterocycles. The van der Waals surface area contributed by atoms with Gasteiger partial charge in [0.2, 0.25) is 5.91 Å². The van der Waals surface area contributed by atoms with Crippen LogP contribution in [-0.4, -0.2) is 47.2 Å². The molecule has 0 saturated carbocycles. The molecular weight excluding hydrogens is 228 g/mol. The molecule has 5 nitrogen and oxygen atoms in total. The highest BCUT2D eigenvalue weighted by Crippen LogP contribution is 2.26. The number of hydrogen-bond acceptors (Lipinski definition) is 3. The average Bonchev–Trinajstić information content (AvgIpc) is 3.11. The Balaban J connectivity index is 1.64. The van der Waals surface area contributed by atoms with E-state index in [4.69, 9.17) is 0 Å². The Labute approximate surface area is 107 Å². The van der Waals surface area contributed by atoms with Gasteiger partial charge in [0.1, 0.15) is 0 Å². The van der Waals surface area contributed by atoms with Crippen LogP contribution in [0.25, 0.3) is 0 Å². The molecule has 2 N–H and O–H groups in total. The maximum atomic E-state index is 12.4. The van der Waals surface area contributed by atoms with Crippen LogP contribution in [0.1, 0.15) is 30.9 Å². The number of carbonyl (C=O) groups excluding carboxylic acids is 1. The summed E-state index contributed by atoms with van der Waals surface area (Å²) in [6.45, 7) is 3.59. The van der Waals surface area contributed by atoms with Crippen molar-refractivity contribution in [2.45, 2.75) is 25.2 Å². The molecule has 2 unspecified atom stereocenters. The number of H-pyrrole nitrogens is 1. The van der Waals surface area contributed by atoms with Crippen LogP contribution in [0.3, 0.4) is 0 Å². The summed E-state index contributed by atoms with van der Waals surface area (Å²) in [5.41, 5.74) is 1.16. The van der Waals surface area contributed by atoms with Crippen LogP contribution in [0.15, 0.2) is 12.3 Å². The van der Waals surface area contributed by atoms with Gasteiger partial charge in [0.05, 0.1) is 5.92 Å². The smallest absolute Gasteiger partial charge is 0.227 e. The number of aromatic amines is 1. The van der Waals surface area contributed by atoms with Gasteiger partial charge >= 0.3 is 0 Å². The summed E-state index contributed by atoms with van der Waals surface area (Å²) in [5, 5.41) is 10.3. The molecule has 1 aromatic heterocycles. The van der Waals surface area contributed by atoms with Gasteiger partial charge in [-0.25, -0.2) is 0 Å². The molecule has 2 fully saturated rings. The van der Waals surface area contributed by atoms with Crippen molar-refractivity contribution in [1.29, 1.82) is 0 Å². The van der Waals surface area contributed by atoms with E-state index in [1.165, 1.54) is 0 Å². The van der Waals surface area contributed by atoms with Gasteiger partial charge in [0.15, 0.2) is 0 Å². The SMILES string of the molecule is O=C(C1CCNC1)N1CCCC(c2ccn[nH]2)C1. The topological polar surface area (TPSA) is 61.0 Å². The van der Waals surface area contributed by atoms with Crippen LogP contribution in [-0.2, 0) is 4.79 Å². The molecule has 2 aliphatic heterocycles. The van der Waals surface area contributed by atoms with Gasteiger partial charge < -0.3 is 10.2 Å². The molecule has 0 aliphatic carbocycles. The van der Waals surface area contributed by atoms with Gasteiger partial charge in [-0.15, -0.1) is 0 Å². The molecule has 5 heteroatoms. The molecule has 98 valence electrons. The van der Waals surface area contributed by atoms with Crippen molar-refractivity contribution >= 4 is 5.91 Å². The minimum absolute atomic E-state index is 0.200. The number of nitrogens with one attached hydrogen (secondary N) is 2. The van der Waals surface area contributed by atoms with Crippen molar-refractivity contribution in [3.05, 3.63) is 18.0 Å². The number of nitrogens with zero attached hydrogens (tertiary/aromatic N) is 2. The normalized spacial score (nSPS) is 28.6. The zero-order valence-corrected chi connectivity index (χ0v) is 10.6. The first-order valence-electron chi connectivity index (χ1n) is 6.83. The Morgan fingerprint density at radius 3 is 3.11 bits per heavy atom.